The van der Waals surface area contributed by atoms with Gasteiger partial charge in [0.2, 0.25) is 0 Å². The van der Waals surface area contributed by atoms with Gasteiger partial charge >= 0.3 is 0 Å². The monoisotopic (exact) mass is 203 g/mol. The van der Waals surface area contributed by atoms with E-state index >= 15 is 0 Å². The fourth-order valence-corrected chi connectivity index (χ4v) is 2.02. The lowest BCUT2D eigenvalue weighted by atomic mass is 9.95. The highest BCUT2D eigenvalue weighted by Gasteiger charge is 2.16. The lowest BCUT2D eigenvalue weighted by Crippen LogP contribution is -2.13. The van der Waals surface area contributed by atoms with Crippen LogP contribution in [-0.2, 0) is 12.8 Å². The van der Waals surface area contributed by atoms with E-state index in [-0.39, 0.29) is 11.7 Å². The van der Waals surface area contributed by atoms with Gasteiger partial charge in [0.25, 0.3) is 0 Å². The zero-order valence-electron chi connectivity index (χ0n) is 9.42. The molecule has 0 fully saturated rings. The first-order chi connectivity index (χ1) is 7.18. The number of hydrogen-bond acceptors (Lipinski definition) is 2. The summed E-state index contributed by atoms with van der Waals surface area (Å²) in [5.74, 6) is 0.197. The molecule has 1 aromatic heterocycles. The standard InChI is InChI=1S/C13H17NO/c1-9(2)13(15)12-8-7-10-5-3-4-6-11(10)14-12/h7-9H,3-6H2,1-2H3. The molecule has 0 spiro atoms. The van der Waals surface area contributed by atoms with Gasteiger partial charge in [-0.1, -0.05) is 19.9 Å². The number of carbonyl (C=O) groups is 1. The molecule has 0 saturated carbocycles. The fraction of sp³-hybridized carbons (Fsp3) is 0.538. The number of aromatic nitrogens is 1. The number of pyridine rings is 1. The van der Waals surface area contributed by atoms with Gasteiger partial charge < -0.3 is 0 Å². The molecule has 15 heavy (non-hydrogen) atoms. The quantitative estimate of drug-likeness (QED) is 0.692. The van der Waals surface area contributed by atoms with Crippen molar-refractivity contribution in [2.45, 2.75) is 39.5 Å². The highest BCUT2D eigenvalue weighted by atomic mass is 16.1. The predicted octanol–water partition coefficient (Wildman–Crippen LogP) is 2.80. The van der Waals surface area contributed by atoms with Gasteiger partial charge in [0.1, 0.15) is 5.69 Å². The Kier molecular flexibility index (Phi) is 2.85. The number of Topliss-reactive ketones (excluding diaryl/α,β-unsaturated/α-hetero) is 1. The molecule has 0 atom stereocenters. The van der Waals surface area contributed by atoms with Crippen molar-refractivity contribution >= 4 is 5.78 Å². The Morgan fingerprint density at radius 1 is 1.27 bits per heavy atom. The molecular formula is C13H17NO. The maximum atomic E-state index is 11.8. The van der Waals surface area contributed by atoms with Crippen LogP contribution in [0.15, 0.2) is 12.1 Å². The molecule has 1 heterocycles. The van der Waals surface area contributed by atoms with Gasteiger partial charge in [0, 0.05) is 11.6 Å². The number of nitrogens with zero attached hydrogens (tertiary/aromatic N) is 1. The SMILES string of the molecule is CC(C)C(=O)c1ccc2c(n1)CCCC2. The van der Waals surface area contributed by atoms with E-state index in [0.717, 1.165) is 18.5 Å². The van der Waals surface area contributed by atoms with Crippen molar-refractivity contribution in [2.24, 2.45) is 5.92 Å². The molecule has 1 aliphatic rings. The van der Waals surface area contributed by atoms with E-state index < -0.39 is 0 Å². The second-order valence-corrected chi connectivity index (χ2v) is 4.53. The Morgan fingerprint density at radius 3 is 2.73 bits per heavy atom. The molecule has 2 rings (SSSR count). The van der Waals surface area contributed by atoms with Crippen LogP contribution in [0, 0.1) is 5.92 Å². The fourth-order valence-electron chi connectivity index (χ4n) is 2.02. The smallest absolute Gasteiger partial charge is 0.183 e. The van der Waals surface area contributed by atoms with E-state index in [9.17, 15) is 4.79 Å². The summed E-state index contributed by atoms with van der Waals surface area (Å²) in [4.78, 5) is 16.3. The van der Waals surface area contributed by atoms with Crippen LogP contribution in [0.5, 0.6) is 0 Å². The van der Waals surface area contributed by atoms with Crippen LogP contribution in [0.25, 0.3) is 0 Å². The van der Waals surface area contributed by atoms with Crippen LogP contribution in [0.3, 0.4) is 0 Å². The van der Waals surface area contributed by atoms with Gasteiger partial charge in [-0.2, -0.15) is 0 Å². The van der Waals surface area contributed by atoms with E-state index in [1.807, 2.05) is 19.9 Å². The number of aryl methyl sites for hydroxylation is 2. The van der Waals surface area contributed by atoms with Crippen molar-refractivity contribution in [3.05, 3.63) is 29.1 Å². The molecular weight excluding hydrogens is 186 g/mol. The Labute approximate surface area is 90.7 Å². The molecule has 2 heteroatoms. The summed E-state index contributed by atoms with van der Waals surface area (Å²) in [5.41, 5.74) is 3.12. The summed E-state index contributed by atoms with van der Waals surface area (Å²) in [5, 5.41) is 0. The Balaban J connectivity index is 2.32. The number of rotatable bonds is 2. The van der Waals surface area contributed by atoms with Gasteiger partial charge in [-0.05, 0) is 37.3 Å². The van der Waals surface area contributed by atoms with E-state index in [0.29, 0.717) is 5.69 Å². The molecule has 0 saturated heterocycles. The zero-order chi connectivity index (χ0) is 10.8. The summed E-state index contributed by atoms with van der Waals surface area (Å²) < 4.78 is 0. The first kappa shape index (κ1) is 10.3. The van der Waals surface area contributed by atoms with Crippen LogP contribution < -0.4 is 0 Å². The molecule has 0 bridgehead atoms. The van der Waals surface area contributed by atoms with Crippen molar-refractivity contribution in [3.8, 4) is 0 Å². The van der Waals surface area contributed by atoms with Crippen molar-refractivity contribution in [1.29, 1.82) is 0 Å². The third-order valence-electron chi connectivity index (χ3n) is 2.95. The number of hydrogen-bond donors (Lipinski definition) is 0. The average molecular weight is 203 g/mol. The minimum absolute atomic E-state index is 0.0409. The minimum Gasteiger partial charge on any atom is -0.292 e. The summed E-state index contributed by atoms with van der Waals surface area (Å²) in [6.07, 6.45) is 4.62. The van der Waals surface area contributed by atoms with Gasteiger partial charge in [0.15, 0.2) is 5.78 Å². The summed E-state index contributed by atoms with van der Waals surface area (Å²) in [6, 6.07) is 3.96. The van der Waals surface area contributed by atoms with Crippen molar-refractivity contribution in [1.82, 2.24) is 4.98 Å². The normalized spacial score (nSPS) is 15.1. The van der Waals surface area contributed by atoms with E-state index in [4.69, 9.17) is 0 Å². The first-order valence-corrected chi connectivity index (χ1v) is 5.71. The Hall–Kier alpha value is -1.18. The molecule has 2 nitrogen and oxygen atoms in total. The molecule has 0 aromatic carbocycles. The molecule has 1 aromatic rings. The van der Waals surface area contributed by atoms with Gasteiger partial charge in [-0.25, -0.2) is 4.98 Å². The number of ketones is 1. The second kappa shape index (κ2) is 4.13. The van der Waals surface area contributed by atoms with Crippen LogP contribution in [-0.4, -0.2) is 10.8 Å². The summed E-state index contributed by atoms with van der Waals surface area (Å²) >= 11 is 0. The first-order valence-electron chi connectivity index (χ1n) is 5.71. The van der Waals surface area contributed by atoms with E-state index in [2.05, 4.69) is 11.1 Å². The van der Waals surface area contributed by atoms with E-state index in [1.54, 1.807) is 0 Å². The van der Waals surface area contributed by atoms with Crippen LogP contribution in [0.1, 0.15) is 48.4 Å². The lowest BCUT2D eigenvalue weighted by molar-refractivity contribution is 0.0934. The number of fused-ring (bicyclic) bond motifs is 1. The third kappa shape index (κ3) is 2.09. The molecule has 0 N–H and O–H groups in total. The maximum Gasteiger partial charge on any atom is 0.183 e. The van der Waals surface area contributed by atoms with Gasteiger partial charge in [-0.3, -0.25) is 4.79 Å². The minimum atomic E-state index is 0.0409. The predicted molar refractivity (Wildman–Crippen MR) is 60.0 cm³/mol. The largest absolute Gasteiger partial charge is 0.292 e. The Bertz CT molecular complexity index is 382. The van der Waals surface area contributed by atoms with Crippen LogP contribution in [0.4, 0.5) is 0 Å². The highest BCUT2D eigenvalue weighted by Crippen LogP contribution is 2.20. The second-order valence-electron chi connectivity index (χ2n) is 4.53. The third-order valence-corrected chi connectivity index (χ3v) is 2.95. The van der Waals surface area contributed by atoms with E-state index in [1.165, 1.54) is 18.4 Å². The summed E-state index contributed by atoms with van der Waals surface area (Å²) in [7, 11) is 0. The van der Waals surface area contributed by atoms with Gasteiger partial charge in [0.05, 0.1) is 0 Å². The maximum absolute atomic E-state index is 11.8. The topological polar surface area (TPSA) is 30.0 Å². The Morgan fingerprint density at radius 2 is 2.00 bits per heavy atom. The zero-order valence-corrected chi connectivity index (χ0v) is 9.42. The van der Waals surface area contributed by atoms with Crippen LogP contribution in [0.2, 0.25) is 0 Å². The lowest BCUT2D eigenvalue weighted by Gasteiger charge is -2.15. The average Bonchev–Trinajstić information content (AvgIpc) is 2.27. The van der Waals surface area contributed by atoms with Crippen LogP contribution >= 0.6 is 0 Å². The van der Waals surface area contributed by atoms with Gasteiger partial charge in [-0.15, -0.1) is 0 Å². The molecule has 1 aliphatic carbocycles. The van der Waals surface area contributed by atoms with Crippen molar-refractivity contribution in [2.75, 3.05) is 0 Å². The highest BCUT2D eigenvalue weighted by molar-refractivity contribution is 5.95. The molecule has 0 unspecified atom stereocenters. The molecule has 0 radical (unpaired) electrons. The molecule has 80 valence electrons. The summed E-state index contributed by atoms with van der Waals surface area (Å²) in [6.45, 7) is 3.84. The molecule has 0 amide bonds. The van der Waals surface area contributed by atoms with Crippen molar-refractivity contribution in [3.63, 3.8) is 0 Å². The van der Waals surface area contributed by atoms with Crippen molar-refractivity contribution < 1.29 is 4.79 Å². The number of carbonyl (C=O) groups excluding carboxylic acids is 1. The molecule has 0 aliphatic heterocycles.